The zero-order valence-corrected chi connectivity index (χ0v) is 27.9. The zero-order valence-electron chi connectivity index (χ0n) is 27.9. The Kier molecular flexibility index (Phi) is 10.8. The number of fused-ring (bicyclic) bond motifs is 1. The summed E-state index contributed by atoms with van der Waals surface area (Å²) in [5, 5.41) is 10.7. The summed E-state index contributed by atoms with van der Waals surface area (Å²) in [7, 11) is 1.46. The minimum Gasteiger partial charge on any atom is -0.493 e. The summed E-state index contributed by atoms with van der Waals surface area (Å²) in [4.78, 5) is 59.0. The maximum absolute atomic E-state index is 14.5. The molecule has 2 aromatic carbocycles. The molecule has 3 aliphatic rings. The number of imide groups is 1. The predicted octanol–water partition coefficient (Wildman–Crippen LogP) is 5.21. The Balaban J connectivity index is 1.48. The maximum atomic E-state index is 14.5. The number of likely N-dealkylation sites (tertiary alicyclic amines) is 1. The van der Waals surface area contributed by atoms with E-state index in [9.17, 15) is 28.7 Å². The predicted molar refractivity (Wildman–Crippen MR) is 176 cm³/mol. The number of anilines is 1. The number of carbonyl (C=O) groups excluding carboxylic acids is 3. The molecule has 4 amide bonds. The van der Waals surface area contributed by atoms with Gasteiger partial charge in [-0.1, -0.05) is 38.8 Å². The third-order valence-electron chi connectivity index (χ3n) is 10.0. The van der Waals surface area contributed by atoms with E-state index in [1.54, 1.807) is 28.9 Å². The van der Waals surface area contributed by atoms with E-state index in [1.807, 2.05) is 23.1 Å². The Hall–Kier alpha value is -3.99. The minimum absolute atomic E-state index is 0.0221. The third-order valence-corrected chi connectivity index (χ3v) is 10.0. The number of amides is 4. The van der Waals surface area contributed by atoms with Gasteiger partial charge >= 0.3 is 12.0 Å². The summed E-state index contributed by atoms with van der Waals surface area (Å²) in [5.41, 5.74) is 3.02. The SMILES string of the molecule is CCCC(CCC)N(C(=O)CN1C[C@H](c2ccc3c(c2)CCO3)[C@@H](C(=O)O)[C@@H]1CCN1CCC(=O)N(C)C1=O)c1ccc(F)c(C)c1. The number of urea groups is 1. The van der Waals surface area contributed by atoms with Crippen LogP contribution < -0.4 is 9.64 Å². The van der Waals surface area contributed by atoms with Gasteiger partial charge in [-0.3, -0.25) is 24.2 Å². The molecule has 2 aromatic rings. The number of ether oxygens (including phenoxy) is 1. The number of carbonyl (C=O) groups is 4. The van der Waals surface area contributed by atoms with E-state index in [0.29, 0.717) is 30.8 Å². The molecule has 0 saturated carbocycles. The number of halogens is 1. The monoisotopic (exact) mass is 650 g/mol. The third kappa shape index (κ3) is 7.30. The van der Waals surface area contributed by atoms with Crippen molar-refractivity contribution in [3.05, 3.63) is 58.9 Å². The van der Waals surface area contributed by atoms with Crippen LogP contribution in [-0.4, -0.2) is 95.5 Å². The summed E-state index contributed by atoms with van der Waals surface area (Å²) < 4.78 is 20.0. The summed E-state index contributed by atoms with van der Waals surface area (Å²) in [6, 6.07) is 9.57. The summed E-state index contributed by atoms with van der Waals surface area (Å²) in [5.74, 6) is -2.10. The molecule has 0 spiro atoms. The summed E-state index contributed by atoms with van der Waals surface area (Å²) >= 11 is 0. The fourth-order valence-corrected chi connectivity index (χ4v) is 7.59. The van der Waals surface area contributed by atoms with Crippen LogP contribution in [0.2, 0.25) is 0 Å². The van der Waals surface area contributed by atoms with Crippen molar-refractivity contribution in [1.29, 1.82) is 0 Å². The zero-order chi connectivity index (χ0) is 33.8. The lowest BCUT2D eigenvalue weighted by atomic mass is 9.83. The van der Waals surface area contributed by atoms with Gasteiger partial charge in [-0.2, -0.15) is 0 Å². The first-order valence-corrected chi connectivity index (χ1v) is 16.9. The van der Waals surface area contributed by atoms with Gasteiger partial charge < -0.3 is 19.6 Å². The number of aliphatic carboxylic acids is 1. The molecule has 3 aliphatic heterocycles. The van der Waals surface area contributed by atoms with E-state index in [1.165, 1.54) is 13.1 Å². The van der Waals surface area contributed by atoms with Gasteiger partial charge in [0.05, 0.1) is 19.1 Å². The van der Waals surface area contributed by atoms with Gasteiger partial charge in [-0.05, 0) is 67.1 Å². The highest BCUT2D eigenvalue weighted by molar-refractivity contribution is 5.96. The van der Waals surface area contributed by atoms with Crippen molar-refractivity contribution in [2.75, 3.05) is 44.7 Å². The normalized spacial score (nSPS) is 21.4. The number of carboxylic acid groups (broad SMARTS) is 1. The second-order valence-electron chi connectivity index (χ2n) is 13.1. The number of hydrogen-bond acceptors (Lipinski definition) is 6. The quantitative estimate of drug-likeness (QED) is 0.317. The van der Waals surface area contributed by atoms with Crippen molar-refractivity contribution in [3.8, 4) is 5.75 Å². The lowest BCUT2D eigenvalue weighted by molar-refractivity contribution is -0.143. The van der Waals surface area contributed by atoms with Crippen molar-refractivity contribution >= 4 is 29.5 Å². The van der Waals surface area contributed by atoms with Gasteiger partial charge in [0.25, 0.3) is 0 Å². The minimum atomic E-state index is -0.954. The standard InChI is InChI=1S/C36H47FN4O6/c1-5-7-26(8-6-2)41(27-10-11-29(37)23(3)19-27)33(43)22-40-21-28(24-9-12-31-25(20-24)15-18-47-31)34(35(44)45)30(40)13-16-39-17-14-32(42)38(4)36(39)46/h9-12,19-20,26,28,30,34H,5-8,13-18,21-22H2,1-4H3,(H,44,45)/t28-,30+,34-/m1/s1. The molecule has 5 rings (SSSR count). The first kappa shape index (κ1) is 34.3. The van der Waals surface area contributed by atoms with E-state index in [2.05, 4.69) is 13.8 Å². The Morgan fingerprint density at radius 1 is 1.09 bits per heavy atom. The number of rotatable bonds is 13. The fourth-order valence-electron chi connectivity index (χ4n) is 7.59. The highest BCUT2D eigenvalue weighted by Crippen LogP contribution is 2.41. The molecule has 2 saturated heterocycles. The molecule has 3 atom stereocenters. The number of hydrogen-bond donors (Lipinski definition) is 1. The molecule has 1 N–H and O–H groups in total. The lowest BCUT2D eigenvalue weighted by Crippen LogP contribution is -2.52. The van der Waals surface area contributed by atoms with E-state index < -0.39 is 24.0 Å². The average molecular weight is 651 g/mol. The van der Waals surface area contributed by atoms with Crippen LogP contribution in [0.25, 0.3) is 0 Å². The summed E-state index contributed by atoms with van der Waals surface area (Å²) in [6.07, 6.45) is 4.58. The Morgan fingerprint density at radius 2 is 1.83 bits per heavy atom. The molecule has 47 heavy (non-hydrogen) atoms. The van der Waals surface area contributed by atoms with E-state index in [4.69, 9.17) is 4.74 Å². The van der Waals surface area contributed by atoms with Crippen LogP contribution >= 0.6 is 0 Å². The van der Waals surface area contributed by atoms with Crippen molar-refractivity contribution in [1.82, 2.24) is 14.7 Å². The Bertz CT molecular complexity index is 1490. The maximum Gasteiger partial charge on any atom is 0.326 e. The van der Waals surface area contributed by atoms with Gasteiger partial charge in [0.15, 0.2) is 0 Å². The Morgan fingerprint density at radius 3 is 2.51 bits per heavy atom. The molecular weight excluding hydrogens is 603 g/mol. The van der Waals surface area contributed by atoms with Gasteiger partial charge in [-0.25, -0.2) is 9.18 Å². The highest BCUT2D eigenvalue weighted by Gasteiger charge is 2.48. The van der Waals surface area contributed by atoms with Crippen LogP contribution in [0, 0.1) is 18.7 Å². The van der Waals surface area contributed by atoms with Crippen LogP contribution in [0.1, 0.15) is 75.0 Å². The molecular formula is C36H47FN4O6. The van der Waals surface area contributed by atoms with Crippen molar-refractivity contribution in [3.63, 3.8) is 0 Å². The molecule has 10 nitrogen and oxygen atoms in total. The molecule has 0 unspecified atom stereocenters. The first-order valence-electron chi connectivity index (χ1n) is 16.9. The molecule has 0 aliphatic carbocycles. The first-order chi connectivity index (χ1) is 22.5. The molecule has 3 heterocycles. The highest BCUT2D eigenvalue weighted by atomic mass is 19.1. The van der Waals surface area contributed by atoms with Crippen LogP contribution in [0.4, 0.5) is 14.9 Å². The molecule has 254 valence electrons. The van der Waals surface area contributed by atoms with E-state index >= 15 is 0 Å². The van der Waals surface area contributed by atoms with Gasteiger partial charge in [0.2, 0.25) is 11.8 Å². The van der Waals surface area contributed by atoms with E-state index in [-0.39, 0.29) is 55.6 Å². The van der Waals surface area contributed by atoms with Crippen molar-refractivity contribution in [2.45, 2.75) is 83.7 Å². The second kappa shape index (κ2) is 14.8. The molecule has 0 radical (unpaired) electrons. The van der Waals surface area contributed by atoms with Crippen molar-refractivity contribution in [2.24, 2.45) is 5.92 Å². The van der Waals surface area contributed by atoms with Crippen LogP contribution in [-0.2, 0) is 20.8 Å². The molecule has 0 bridgehead atoms. The lowest BCUT2D eigenvalue weighted by Gasteiger charge is -2.36. The fraction of sp³-hybridized carbons (Fsp3) is 0.556. The number of benzene rings is 2. The van der Waals surface area contributed by atoms with Crippen LogP contribution in [0.15, 0.2) is 36.4 Å². The largest absolute Gasteiger partial charge is 0.493 e. The molecule has 11 heteroatoms. The van der Waals surface area contributed by atoms with E-state index in [0.717, 1.165) is 53.9 Å². The number of nitrogens with zero attached hydrogens (tertiary/aromatic N) is 4. The second-order valence-corrected chi connectivity index (χ2v) is 13.1. The molecule has 0 aromatic heterocycles. The van der Waals surface area contributed by atoms with Gasteiger partial charge in [0, 0.05) is 63.2 Å². The average Bonchev–Trinajstić information content (AvgIpc) is 3.66. The number of carboxylic acids is 1. The Labute approximate surface area is 276 Å². The van der Waals surface area contributed by atoms with Gasteiger partial charge in [0.1, 0.15) is 11.6 Å². The van der Waals surface area contributed by atoms with Crippen LogP contribution in [0.3, 0.4) is 0 Å². The summed E-state index contributed by atoms with van der Waals surface area (Å²) in [6.45, 7) is 7.28. The number of aryl methyl sites for hydroxylation is 1. The topological polar surface area (TPSA) is 111 Å². The smallest absolute Gasteiger partial charge is 0.326 e. The molecule has 2 fully saturated rings. The van der Waals surface area contributed by atoms with Crippen molar-refractivity contribution < 1.29 is 33.4 Å². The van der Waals surface area contributed by atoms with Gasteiger partial charge in [-0.15, -0.1) is 0 Å². The van der Waals surface area contributed by atoms with Crippen LogP contribution in [0.5, 0.6) is 5.75 Å².